The third-order valence-corrected chi connectivity index (χ3v) is 4.21. The molecule has 0 saturated carbocycles. The van der Waals surface area contributed by atoms with Gasteiger partial charge >= 0.3 is 0 Å². The van der Waals surface area contributed by atoms with Crippen molar-refractivity contribution in [3.05, 3.63) is 28.2 Å². The lowest BCUT2D eigenvalue weighted by atomic mass is 10.1. The molecule has 1 aromatic carbocycles. The quantitative estimate of drug-likeness (QED) is 0.727. The third kappa shape index (κ3) is 2.87. The van der Waals surface area contributed by atoms with Crippen LogP contribution in [-0.4, -0.2) is 41.1 Å². The van der Waals surface area contributed by atoms with Crippen LogP contribution in [0.15, 0.2) is 16.9 Å². The minimum absolute atomic E-state index is 0.251. The fraction of sp³-hybridized carbons (Fsp3) is 0.389. The van der Waals surface area contributed by atoms with E-state index in [1.54, 1.807) is 45.2 Å². The summed E-state index contributed by atoms with van der Waals surface area (Å²) < 4.78 is 17.7. The number of ether oxygens (including phenoxy) is 3. The zero-order valence-electron chi connectivity index (χ0n) is 15.5. The lowest BCUT2D eigenvalue weighted by Gasteiger charge is -2.13. The Morgan fingerprint density at radius 3 is 2.35 bits per heavy atom. The first kappa shape index (κ1) is 17.8. The van der Waals surface area contributed by atoms with Gasteiger partial charge in [0.1, 0.15) is 17.1 Å². The van der Waals surface area contributed by atoms with E-state index in [-0.39, 0.29) is 5.56 Å². The van der Waals surface area contributed by atoms with E-state index in [4.69, 9.17) is 14.2 Å². The fourth-order valence-electron chi connectivity index (χ4n) is 2.99. The van der Waals surface area contributed by atoms with Crippen LogP contribution in [0.25, 0.3) is 22.4 Å². The largest absolute Gasteiger partial charge is 0.496 e. The van der Waals surface area contributed by atoms with E-state index in [2.05, 4.69) is 22.0 Å². The minimum Gasteiger partial charge on any atom is -0.496 e. The van der Waals surface area contributed by atoms with Crippen molar-refractivity contribution < 1.29 is 14.2 Å². The predicted molar refractivity (Wildman–Crippen MR) is 98.2 cm³/mol. The average molecular weight is 358 g/mol. The zero-order chi connectivity index (χ0) is 18.8. The smallest absolute Gasteiger partial charge is 0.277 e. The van der Waals surface area contributed by atoms with Crippen molar-refractivity contribution in [3.63, 3.8) is 0 Å². The number of H-pyrrole nitrogens is 1. The highest BCUT2D eigenvalue weighted by Gasteiger charge is 2.19. The van der Waals surface area contributed by atoms with Gasteiger partial charge in [0.15, 0.2) is 17.0 Å². The summed E-state index contributed by atoms with van der Waals surface area (Å²) in [7, 11) is 6.40. The van der Waals surface area contributed by atoms with Crippen LogP contribution in [0.3, 0.4) is 0 Å². The summed E-state index contributed by atoms with van der Waals surface area (Å²) in [5, 5.41) is 4.44. The summed E-state index contributed by atoms with van der Waals surface area (Å²) in [6, 6.07) is 3.44. The Hall–Kier alpha value is -3.03. The Balaban J connectivity index is 2.28. The number of aromatic amines is 1. The van der Waals surface area contributed by atoms with Crippen LogP contribution in [0.4, 0.5) is 0 Å². The molecule has 8 heteroatoms. The van der Waals surface area contributed by atoms with E-state index < -0.39 is 0 Å². The number of rotatable bonds is 6. The summed E-state index contributed by atoms with van der Waals surface area (Å²) in [4.78, 5) is 20.1. The Morgan fingerprint density at radius 2 is 1.73 bits per heavy atom. The number of fused-ring (bicyclic) bond motifs is 1. The number of hydrogen-bond acceptors (Lipinski definition) is 6. The van der Waals surface area contributed by atoms with Crippen molar-refractivity contribution in [3.8, 4) is 28.6 Å². The number of hydrogen-bond donors (Lipinski definition) is 1. The lowest BCUT2D eigenvalue weighted by Crippen LogP contribution is -2.12. The van der Waals surface area contributed by atoms with Crippen LogP contribution in [-0.2, 0) is 13.5 Å². The third-order valence-electron chi connectivity index (χ3n) is 4.21. The van der Waals surface area contributed by atoms with Crippen LogP contribution >= 0.6 is 0 Å². The highest BCUT2D eigenvalue weighted by molar-refractivity contribution is 5.80. The molecular formula is C18H22N4O4. The van der Waals surface area contributed by atoms with Gasteiger partial charge in [-0.1, -0.05) is 13.3 Å². The summed E-state index contributed by atoms with van der Waals surface area (Å²) in [6.07, 6.45) is 1.66. The van der Waals surface area contributed by atoms with Crippen LogP contribution in [0.2, 0.25) is 0 Å². The van der Waals surface area contributed by atoms with E-state index >= 15 is 0 Å². The molecule has 0 spiro atoms. The van der Waals surface area contributed by atoms with Crippen LogP contribution < -0.4 is 19.8 Å². The number of benzene rings is 1. The number of methoxy groups -OCH3 is 3. The number of nitrogens with zero attached hydrogens (tertiary/aromatic N) is 3. The van der Waals surface area contributed by atoms with Gasteiger partial charge in [-0.3, -0.25) is 9.48 Å². The number of aryl methyl sites for hydroxylation is 2. The van der Waals surface area contributed by atoms with Crippen molar-refractivity contribution in [2.45, 2.75) is 19.8 Å². The second-order valence-electron chi connectivity index (χ2n) is 5.84. The maximum atomic E-state index is 12.6. The molecule has 0 atom stereocenters. The Labute approximate surface area is 150 Å². The first-order valence-electron chi connectivity index (χ1n) is 8.30. The van der Waals surface area contributed by atoms with Gasteiger partial charge in [-0.25, -0.2) is 4.98 Å². The van der Waals surface area contributed by atoms with Gasteiger partial charge in [-0.05, 0) is 12.5 Å². The van der Waals surface area contributed by atoms with Gasteiger partial charge < -0.3 is 19.2 Å². The molecule has 0 aliphatic heterocycles. The minimum atomic E-state index is -0.251. The Bertz CT molecular complexity index is 1010. The second kappa shape index (κ2) is 7.07. The maximum Gasteiger partial charge on any atom is 0.277 e. The van der Waals surface area contributed by atoms with Gasteiger partial charge in [-0.2, -0.15) is 5.10 Å². The van der Waals surface area contributed by atoms with Crippen molar-refractivity contribution in [1.29, 1.82) is 0 Å². The van der Waals surface area contributed by atoms with Crippen LogP contribution in [0.1, 0.15) is 19.0 Å². The van der Waals surface area contributed by atoms with Crippen LogP contribution in [0.5, 0.6) is 17.2 Å². The molecule has 0 amide bonds. The maximum absolute atomic E-state index is 12.6. The normalized spacial score (nSPS) is 11.0. The molecule has 0 saturated heterocycles. The monoisotopic (exact) mass is 358 g/mol. The topological polar surface area (TPSA) is 91.3 Å². The summed E-state index contributed by atoms with van der Waals surface area (Å²) in [5.74, 6) is 1.97. The summed E-state index contributed by atoms with van der Waals surface area (Å²) in [5.41, 5.74) is 2.22. The highest BCUT2D eigenvalue weighted by atomic mass is 16.5. The molecule has 0 aliphatic carbocycles. The molecule has 2 heterocycles. The highest BCUT2D eigenvalue weighted by Crippen LogP contribution is 2.38. The molecule has 0 fully saturated rings. The summed E-state index contributed by atoms with van der Waals surface area (Å²) >= 11 is 0. The van der Waals surface area contributed by atoms with Crippen molar-refractivity contribution in [1.82, 2.24) is 19.7 Å². The van der Waals surface area contributed by atoms with Crippen molar-refractivity contribution in [2.75, 3.05) is 21.3 Å². The van der Waals surface area contributed by atoms with Crippen molar-refractivity contribution >= 4 is 11.0 Å². The predicted octanol–water partition coefficient (Wildman–Crippen LogP) is 2.30. The Kier molecular flexibility index (Phi) is 4.83. The molecule has 0 aliphatic rings. The first-order chi connectivity index (χ1) is 12.5. The van der Waals surface area contributed by atoms with E-state index in [0.29, 0.717) is 39.7 Å². The van der Waals surface area contributed by atoms with E-state index in [0.717, 1.165) is 18.5 Å². The summed E-state index contributed by atoms with van der Waals surface area (Å²) in [6.45, 7) is 2.06. The lowest BCUT2D eigenvalue weighted by molar-refractivity contribution is 0.349. The zero-order valence-corrected chi connectivity index (χ0v) is 15.5. The average Bonchev–Trinajstić information content (AvgIpc) is 2.96. The molecule has 26 heavy (non-hydrogen) atoms. The number of nitrogens with one attached hydrogen (secondary N) is 1. The van der Waals surface area contributed by atoms with Gasteiger partial charge in [0.05, 0.1) is 32.6 Å². The van der Waals surface area contributed by atoms with E-state index in [1.807, 2.05) is 0 Å². The van der Waals surface area contributed by atoms with E-state index in [1.165, 1.54) is 0 Å². The molecule has 3 rings (SSSR count). The van der Waals surface area contributed by atoms with Gasteiger partial charge in [0.25, 0.3) is 5.56 Å². The second-order valence-corrected chi connectivity index (χ2v) is 5.84. The van der Waals surface area contributed by atoms with Crippen LogP contribution in [0, 0.1) is 0 Å². The molecule has 0 unspecified atom stereocenters. The van der Waals surface area contributed by atoms with Crippen molar-refractivity contribution in [2.24, 2.45) is 7.05 Å². The molecule has 1 N–H and O–H groups in total. The van der Waals surface area contributed by atoms with Gasteiger partial charge in [0, 0.05) is 13.1 Å². The number of aromatic nitrogens is 4. The molecule has 3 aromatic rings. The SMILES string of the molecule is CCCc1nn(C)c2c(=O)[nH]c(-c3cc(OC)c(OC)cc3OC)nc12. The first-order valence-corrected chi connectivity index (χ1v) is 8.30. The Morgan fingerprint density at radius 1 is 1.08 bits per heavy atom. The molecular weight excluding hydrogens is 336 g/mol. The molecule has 0 bridgehead atoms. The molecule has 138 valence electrons. The standard InChI is InChI=1S/C18H22N4O4/c1-6-7-11-15-16(22(2)21-11)18(23)20-17(19-15)10-8-13(25-4)14(26-5)9-12(10)24-3/h8-9H,6-7H2,1-5H3,(H,19,20,23). The van der Waals surface area contributed by atoms with Gasteiger partial charge in [-0.15, -0.1) is 0 Å². The fourth-order valence-corrected chi connectivity index (χ4v) is 2.99. The molecule has 0 radical (unpaired) electrons. The molecule has 2 aromatic heterocycles. The van der Waals surface area contributed by atoms with E-state index in [9.17, 15) is 4.79 Å². The van der Waals surface area contributed by atoms with Gasteiger partial charge in [0.2, 0.25) is 0 Å². The molecule has 8 nitrogen and oxygen atoms in total.